The van der Waals surface area contributed by atoms with Gasteiger partial charge in [0, 0.05) is 17.7 Å². The number of aliphatic hydroxyl groups is 1. The van der Waals surface area contributed by atoms with E-state index in [1.165, 1.54) is 11.0 Å². The van der Waals surface area contributed by atoms with Crippen LogP contribution in [-0.4, -0.2) is 47.6 Å². The molecule has 0 aromatic heterocycles. The molecule has 0 saturated carbocycles. The smallest absolute Gasteiger partial charge is 0.295 e. The van der Waals surface area contributed by atoms with E-state index in [1.807, 2.05) is 32.9 Å². The first-order valence-electron chi connectivity index (χ1n) is 13.1. The molecule has 0 aliphatic carbocycles. The number of hydrogen-bond donors (Lipinski definition) is 2. The number of aliphatic hydroxyl groups excluding tert-OH is 1. The summed E-state index contributed by atoms with van der Waals surface area (Å²) in [7, 11) is 3.15. The van der Waals surface area contributed by atoms with Gasteiger partial charge in [-0.1, -0.05) is 39.0 Å². The average molecular weight is 546 g/mol. The van der Waals surface area contributed by atoms with Crippen LogP contribution in [0.25, 0.3) is 5.76 Å². The van der Waals surface area contributed by atoms with Gasteiger partial charge < -0.3 is 29.3 Å². The summed E-state index contributed by atoms with van der Waals surface area (Å²) < 4.78 is 16.4. The Labute approximate surface area is 234 Å². The van der Waals surface area contributed by atoms with E-state index in [0.717, 1.165) is 11.1 Å². The van der Waals surface area contributed by atoms with E-state index in [2.05, 4.69) is 0 Å². The van der Waals surface area contributed by atoms with Crippen molar-refractivity contribution in [3.05, 3.63) is 88.5 Å². The molecule has 1 aliphatic rings. The number of ketones is 1. The minimum absolute atomic E-state index is 0.0447. The van der Waals surface area contributed by atoms with Crippen molar-refractivity contribution in [2.45, 2.75) is 45.7 Å². The lowest BCUT2D eigenvalue weighted by Gasteiger charge is -2.26. The van der Waals surface area contributed by atoms with Crippen molar-refractivity contribution in [3.8, 4) is 23.0 Å². The van der Waals surface area contributed by atoms with E-state index in [4.69, 9.17) is 14.2 Å². The Balaban J connectivity index is 1.90. The normalized spacial score (nSPS) is 16.8. The van der Waals surface area contributed by atoms with Crippen LogP contribution in [0, 0.1) is 0 Å². The minimum atomic E-state index is -0.929. The molecule has 1 amide bonds. The van der Waals surface area contributed by atoms with Crippen molar-refractivity contribution in [1.82, 2.24) is 4.90 Å². The van der Waals surface area contributed by atoms with Crippen LogP contribution in [0.15, 0.2) is 66.2 Å². The molecule has 2 N–H and O–H groups in total. The number of hydrogen-bond acceptors (Lipinski definition) is 7. The third-order valence-electron chi connectivity index (χ3n) is 6.93. The summed E-state index contributed by atoms with van der Waals surface area (Å²) in [6, 6.07) is 16.1. The van der Waals surface area contributed by atoms with E-state index in [9.17, 15) is 19.8 Å². The van der Waals surface area contributed by atoms with E-state index in [1.54, 1.807) is 63.6 Å². The largest absolute Gasteiger partial charge is 0.507 e. The van der Waals surface area contributed by atoms with E-state index >= 15 is 0 Å². The Morgan fingerprint density at radius 3 is 2.23 bits per heavy atom. The zero-order chi connectivity index (χ0) is 29.2. The van der Waals surface area contributed by atoms with Gasteiger partial charge >= 0.3 is 0 Å². The predicted molar refractivity (Wildman–Crippen MR) is 152 cm³/mol. The lowest BCUT2D eigenvalue weighted by Crippen LogP contribution is -2.29. The van der Waals surface area contributed by atoms with Crippen molar-refractivity contribution in [2.24, 2.45) is 0 Å². The quantitative estimate of drug-likeness (QED) is 0.212. The maximum absolute atomic E-state index is 13.6. The van der Waals surface area contributed by atoms with Crippen LogP contribution in [0.1, 0.15) is 56.0 Å². The number of rotatable bonds is 8. The topological polar surface area (TPSA) is 106 Å². The maximum Gasteiger partial charge on any atom is 0.295 e. The number of Topliss-reactive ketones (excluding diaryl/α,β-unsaturated/α-hetero) is 1. The second-order valence-electron chi connectivity index (χ2n) is 10.6. The third kappa shape index (κ3) is 5.47. The molecule has 1 saturated heterocycles. The molecule has 0 bridgehead atoms. The molecule has 3 aromatic rings. The molecule has 4 rings (SSSR count). The van der Waals surface area contributed by atoms with Crippen molar-refractivity contribution >= 4 is 17.4 Å². The van der Waals surface area contributed by atoms with Gasteiger partial charge in [-0.05, 0) is 65.9 Å². The summed E-state index contributed by atoms with van der Waals surface area (Å²) in [5.41, 5.74) is 2.16. The fraction of sp³-hybridized carbons (Fsp3) is 0.312. The summed E-state index contributed by atoms with van der Waals surface area (Å²) >= 11 is 0. The highest BCUT2D eigenvalue weighted by atomic mass is 16.5. The van der Waals surface area contributed by atoms with Crippen LogP contribution in [0.5, 0.6) is 23.0 Å². The van der Waals surface area contributed by atoms with Gasteiger partial charge in [0.1, 0.15) is 17.3 Å². The number of likely N-dealkylation sites (tertiary alicyclic amines) is 1. The number of phenolic OH excluding ortho intramolecular Hbond substituents is 1. The number of nitrogens with zero attached hydrogens (tertiary/aromatic N) is 1. The van der Waals surface area contributed by atoms with Crippen LogP contribution in [0.4, 0.5) is 0 Å². The van der Waals surface area contributed by atoms with Crippen molar-refractivity contribution < 1.29 is 34.0 Å². The van der Waals surface area contributed by atoms with Crippen molar-refractivity contribution in [3.63, 3.8) is 0 Å². The molecule has 1 atom stereocenters. The van der Waals surface area contributed by atoms with Gasteiger partial charge in [0.05, 0.1) is 32.4 Å². The Kier molecular flexibility index (Phi) is 8.09. The standard InChI is InChI=1S/C32H35NO7/c1-7-40-26-17-20(10-14-24(26)34)28-27(29(35)21-11-15-25(39-6)23(16-21)32(2,3)4)30(36)31(37)33(28)18-19-8-12-22(38-5)13-9-19/h8-17,28,34-35H,7,18H2,1-6H3/b29-27+. The number of phenols is 1. The van der Waals surface area contributed by atoms with Gasteiger partial charge in [0.15, 0.2) is 11.5 Å². The number of amides is 1. The Bertz CT molecular complexity index is 1450. The lowest BCUT2D eigenvalue weighted by molar-refractivity contribution is -0.140. The van der Waals surface area contributed by atoms with E-state index in [-0.39, 0.29) is 34.8 Å². The van der Waals surface area contributed by atoms with Gasteiger partial charge in [0.2, 0.25) is 0 Å². The first-order valence-corrected chi connectivity index (χ1v) is 13.1. The highest BCUT2D eigenvalue weighted by molar-refractivity contribution is 6.46. The van der Waals surface area contributed by atoms with Crippen LogP contribution in [-0.2, 0) is 21.5 Å². The van der Waals surface area contributed by atoms with Crippen LogP contribution in [0.2, 0.25) is 0 Å². The maximum atomic E-state index is 13.6. The summed E-state index contributed by atoms with van der Waals surface area (Å²) in [5.74, 6) is -0.359. The molecule has 1 aliphatic heterocycles. The molecule has 40 heavy (non-hydrogen) atoms. The molecule has 3 aromatic carbocycles. The number of benzene rings is 3. The molecule has 210 valence electrons. The molecule has 0 spiro atoms. The first kappa shape index (κ1) is 28.5. The molecule has 8 heteroatoms. The van der Waals surface area contributed by atoms with Gasteiger partial charge in [-0.25, -0.2) is 0 Å². The van der Waals surface area contributed by atoms with Crippen molar-refractivity contribution in [1.29, 1.82) is 0 Å². The number of carbonyl (C=O) groups is 2. The minimum Gasteiger partial charge on any atom is -0.507 e. The van der Waals surface area contributed by atoms with Crippen LogP contribution >= 0.6 is 0 Å². The zero-order valence-electron chi connectivity index (χ0n) is 23.6. The highest BCUT2D eigenvalue weighted by Crippen LogP contribution is 2.43. The van der Waals surface area contributed by atoms with E-state index < -0.39 is 17.7 Å². The number of ether oxygens (including phenoxy) is 3. The average Bonchev–Trinajstić information content (AvgIpc) is 3.18. The Morgan fingerprint density at radius 1 is 0.925 bits per heavy atom. The molecule has 1 heterocycles. The number of aromatic hydroxyl groups is 1. The summed E-state index contributed by atoms with van der Waals surface area (Å²) in [5, 5.41) is 21.9. The highest BCUT2D eigenvalue weighted by Gasteiger charge is 2.46. The zero-order valence-corrected chi connectivity index (χ0v) is 23.6. The predicted octanol–water partition coefficient (Wildman–Crippen LogP) is 5.73. The van der Waals surface area contributed by atoms with Gasteiger partial charge in [0.25, 0.3) is 11.7 Å². The van der Waals surface area contributed by atoms with Gasteiger partial charge in [-0.15, -0.1) is 0 Å². The molecule has 1 fully saturated rings. The summed E-state index contributed by atoms with van der Waals surface area (Å²) in [4.78, 5) is 28.4. The Morgan fingerprint density at radius 2 is 1.62 bits per heavy atom. The summed E-state index contributed by atoms with van der Waals surface area (Å²) in [6.45, 7) is 8.27. The SMILES string of the molecule is CCOc1cc(C2/C(=C(\O)c3ccc(OC)c(C(C)(C)C)c3)C(=O)C(=O)N2Cc2ccc(OC)cc2)ccc1O. The monoisotopic (exact) mass is 545 g/mol. The fourth-order valence-corrected chi connectivity index (χ4v) is 4.89. The Hall–Kier alpha value is -4.46. The van der Waals surface area contributed by atoms with Crippen LogP contribution < -0.4 is 14.2 Å². The molecule has 0 radical (unpaired) electrons. The molecule has 1 unspecified atom stereocenters. The third-order valence-corrected chi connectivity index (χ3v) is 6.93. The van der Waals surface area contributed by atoms with Gasteiger partial charge in [-0.3, -0.25) is 9.59 Å². The molecular formula is C32H35NO7. The van der Waals surface area contributed by atoms with Crippen LogP contribution in [0.3, 0.4) is 0 Å². The van der Waals surface area contributed by atoms with Gasteiger partial charge in [-0.2, -0.15) is 0 Å². The fourth-order valence-electron chi connectivity index (χ4n) is 4.89. The molecular weight excluding hydrogens is 510 g/mol. The molecule has 8 nitrogen and oxygen atoms in total. The summed E-state index contributed by atoms with van der Waals surface area (Å²) in [6.07, 6.45) is 0. The first-order chi connectivity index (χ1) is 19.0. The number of carbonyl (C=O) groups excluding carboxylic acids is 2. The second-order valence-corrected chi connectivity index (χ2v) is 10.6. The van der Waals surface area contributed by atoms with E-state index in [0.29, 0.717) is 29.2 Å². The lowest BCUT2D eigenvalue weighted by atomic mass is 9.84. The van der Waals surface area contributed by atoms with Crippen molar-refractivity contribution in [2.75, 3.05) is 20.8 Å². The number of methoxy groups -OCH3 is 2. The second kappa shape index (κ2) is 11.3.